The van der Waals surface area contributed by atoms with Crippen LogP contribution in [-0.2, 0) is 0 Å². The molecule has 0 aliphatic heterocycles. The maximum atomic E-state index is 2.45. The van der Waals surface area contributed by atoms with Crippen molar-refractivity contribution in [3.63, 3.8) is 0 Å². The maximum Gasteiger partial charge on any atom is 0.0625 e. The number of benzene rings is 8. The molecule has 0 amide bonds. The second-order valence-corrected chi connectivity index (χ2v) is 12.2. The lowest BCUT2D eigenvalue weighted by atomic mass is 9.95. The van der Waals surface area contributed by atoms with E-state index in [0.29, 0.717) is 0 Å². The Kier molecular flexibility index (Phi) is 6.84. The topological polar surface area (TPSA) is 8.17 Å². The van der Waals surface area contributed by atoms with Crippen LogP contribution < -0.4 is 4.90 Å². The molecule has 9 aromatic rings. The quantitative estimate of drug-likeness (QED) is 0.181. The lowest BCUT2D eigenvalue weighted by molar-refractivity contribution is 1.18. The summed E-state index contributed by atoms with van der Waals surface area (Å²) in [7, 11) is 0. The van der Waals surface area contributed by atoms with E-state index >= 15 is 0 Å². The van der Waals surface area contributed by atoms with Crippen LogP contribution in [0.1, 0.15) is 0 Å². The van der Waals surface area contributed by atoms with Crippen molar-refractivity contribution in [2.45, 2.75) is 0 Å². The fraction of sp³-hybridized carbons (Fsp3) is 0. The fourth-order valence-electron chi connectivity index (χ4n) is 7.16. The molecule has 48 heavy (non-hydrogen) atoms. The molecule has 0 atom stereocenters. The number of aromatic nitrogens is 1. The van der Waals surface area contributed by atoms with Gasteiger partial charge in [-0.25, -0.2) is 0 Å². The molecule has 9 rings (SSSR count). The molecule has 1 heterocycles. The van der Waals surface area contributed by atoms with Gasteiger partial charge in [-0.05, 0) is 88.3 Å². The Balaban J connectivity index is 1.34. The van der Waals surface area contributed by atoms with E-state index in [1.165, 1.54) is 54.8 Å². The normalized spacial score (nSPS) is 11.3. The maximum absolute atomic E-state index is 2.45. The second-order valence-electron chi connectivity index (χ2n) is 12.2. The SMILES string of the molecule is c1ccc(-c2ccc(N(c3ccccc3)c3ccc4c(c3)c3c(-c5ccccc5)cc5ccccc5c3n4-c3ccccc3)cc2)cc1. The van der Waals surface area contributed by atoms with Gasteiger partial charge < -0.3 is 9.47 Å². The number of hydrogen-bond acceptors (Lipinski definition) is 1. The van der Waals surface area contributed by atoms with Gasteiger partial charge in [-0.1, -0.05) is 133 Å². The van der Waals surface area contributed by atoms with Gasteiger partial charge in [-0.3, -0.25) is 0 Å². The Morgan fingerprint density at radius 1 is 0.375 bits per heavy atom. The van der Waals surface area contributed by atoms with Crippen LogP contribution in [0, 0.1) is 0 Å². The van der Waals surface area contributed by atoms with Gasteiger partial charge >= 0.3 is 0 Å². The van der Waals surface area contributed by atoms with Gasteiger partial charge in [-0.15, -0.1) is 0 Å². The first-order valence-corrected chi connectivity index (χ1v) is 16.4. The molecule has 0 fully saturated rings. The smallest absolute Gasteiger partial charge is 0.0625 e. The Labute approximate surface area is 280 Å². The first kappa shape index (κ1) is 27.9. The third kappa shape index (κ3) is 4.74. The van der Waals surface area contributed by atoms with Gasteiger partial charge in [0.2, 0.25) is 0 Å². The molecule has 0 bridgehead atoms. The Morgan fingerprint density at radius 3 is 1.62 bits per heavy atom. The summed E-state index contributed by atoms with van der Waals surface area (Å²) in [4.78, 5) is 2.36. The van der Waals surface area contributed by atoms with Gasteiger partial charge in [0.05, 0.1) is 11.0 Å². The Hall–Kier alpha value is -6.38. The molecule has 1 aromatic heterocycles. The van der Waals surface area contributed by atoms with Gasteiger partial charge in [0.25, 0.3) is 0 Å². The van der Waals surface area contributed by atoms with Crippen molar-refractivity contribution in [1.29, 1.82) is 0 Å². The highest BCUT2D eigenvalue weighted by atomic mass is 15.1. The highest BCUT2D eigenvalue weighted by Gasteiger charge is 2.21. The average molecular weight is 613 g/mol. The lowest BCUT2D eigenvalue weighted by Crippen LogP contribution is -2.09. The molecule has 8 aromatic carbocycles. The third-order valence-electron chi connectivity index (χ3n) is 9.34. The van der Waals surface area contributed by atoms with E-state index in [2.05, 4.69) is 204 Å². The molecular weight excluding hydrogens is 581 g/mol. The summed E-state index contributed by atoms with van der Waals surface area (Å²) in [5.74, 6) is 0. The molecule has 0 radical (unpaired) electrons. The van der Waals surface area contributed by atoms with Crippen molar-refractivity contribution in [1.82, 2.24) is 4.57 Å². The number of nitrogens with zero attached hydrogens (tertiary/aromatic N) is 2. The zero-order valence-corrected chi connectivity index (χ0v) is 26.4. The number of hydrogen-bond donors (Lipinski definition) is 0. The summed E-state index contributed by atoms with van der Waals surface area (Å²) in [5.41, 5.74) is 11.8. The lowest BCUT2D eigenvalue weighted by Gasteiger charge is -2.26. The zero-order valence-electron chi connectivity index (χ0n) is 26.4. The monoisotopic (exact) mass is 612 g/mol. The molecule has 0 saturated heterocycles. The van der Waals surface area contributed by atoms with Crippen molar-refractivity contribution in [3.05, 3.63) is 194 Å². The van der Waals surface area contributed by atoms with Crippen LogP contribution in [0.5, 0.6) is 0 Å². The van der Waals surface area contributed by atoms with E-state index in [0.717, 1.165) is 22.7 Å². The second kappa shape index (κ2) is 11.8. The van der Waals surface area contributed by atoms with Crippen LogP contribution in [-0.4, -0.2) is 4.57 Å². The molecule has 0 aliphatic carbocycles. The van der Waals surface area contributed by atoms with Crippen molar-refractivity contribution in [3.8, 4) is 27.9 Å². The Morgan fingerprint density at radius 2 is 0.917 bits per heavy atom. The van der Waals surface area contributed by atoms with Crippen LogP contribution in [0.4, 0.5) is 17.1 Å². The summed E-state index contributed by atoms with van der Waals surface area (Å²) >= 11 is 0. The van der Waals surface area contributed by atoms with E-state index in [1.807, 2.05) is 0 Å². The molecule has 0 spiro atoms. The van der Waals surface area contributed by atoms with Crippen LogP contribution in [0.25, 0.3) is 60.5 Å². The molecule has 226 valence electrons. The van der Waals surface area contributed by atoms with Crippen LogP contribution in [0.15, 0.2) is 194 Å². The molecule has 0 saturated carbocycles. The van der Waals surface area contributed by atoms with Gasteiger partial charge in [-0.2, -0.15) is 0 Å². The molecule has 2 nitrogen and oxygen atoms in total. The molecule has 0 N–H and O–H groups in total. The minimum Gasteiger partial charge on any atom is -0.310 e. The number of fused-ring (bicyclic) bond motifs is 5. The summed E-state index contributed by atoms with van der Waals surface area (Å²) in [6, 6.07) is 69.8. The standard InChI is InChI=1S/C46H32N2/c1-5-15-33(16-6-1)34-25-27-39(28-26-34)47(37-20-9-3-10-21-37)40-29-30-44-43(32-40)45-42(35-17-7-2-8-18-35)31-36-19-13-14-24-41(36)46(45)48(44)38-22-11-4-12-23-38/h1-32H. The van der Waals surface area contributed by atoms with Crippen molar-refractivity contribution < 1.29 is 0 Å². The number of anilines is 3. The highest BCUT2D eigenvalue weighted by Crippen LogP contribution is 2.45. The zero-order chi connectivity index (χ0) is 31.9. The van der Waals surface area contributed by atoms with Crippen LogP contribution in [0.3, 0.4) is 0 Å². The summed E-state index contributed by atoms with van der Waals surface area (Å²) in [6.07, 6.45) is 0. The van der Waals surface area contributed by atoms with Crippen molar-refractivity contribution in [2.24, 2.45) is 0 Å². The van der Waals surface area contributed by atoms with E-state index in [1.54, 1.807) is 0 Å². The van der Waals surface area contributed by atoms with Crippen molar-refractivity contribution in [2.75, 3.05) is 4.90 Å². The molecular formula is C46H32N2. The minimum absolute atomic E-state index is 1.11. The third-order valence-corrected chi connectivity index (χ3v) is 9.34. The predicted octanol–water partition coefficient (Wildman–Crippen LogP) is 12.7. The highest BCUT2D eigenvalue weighted by molar-refractivity contribution is 6.24. The average Bonchev–Trinajstić information content (AvgIpc) is 3.51. The van der Waals surface area contributed by atoms with Gasteiger partial charge in [0.1, 0.15) is 0 Å². The van der Waals surface area contributed by atoms with Crippen molar-refractivity contribution >= 4 is 49.6 Å². The predicted molar refractivity (Wildman–Crippen MR) is 204 cm³/mol. The number of rotatable bonds is 6. The molecule has 0 unspecified atom stereocenters. The first-order valence-electron chi connectivity index (χ1n) is 16.4. The summed E-state index contributed by atoms with van der Waals surface area (Å²) < 4.78 is 2.45. The first-order chi connectivity index (χ1) is 23.8. The van der Waals surface area contributed by atoms with E-state index in [9.17, 15) is 0 Å². The largest absolute Gasteiger partial charge is 0.310 e. The number of para-hydroxylation sites is 2. The Bertz CT molecular complexity index is 2520. The summed E-state index contributed by atoms with van der Waals surface area (Å²) in [5, 5.41) is 4.95. The van der Waals surface area contributed by atoms with E-state index in [4.69, 9.17) is 0 Å². The summed E-state index contributed by atoms with van der Waals surface area (Å²) in [6.45, 7) is 0. The van der Waals surface area contributed by atoms with Crippen LogP contribution in [0.2, 0.25) is 0 Å². The van der Waals surface area contributed by atoms with Crippen LogP contribution >= 0.6 is 0 Å². The van der Waals surface area contributed by atoms with E-state index in [-0.39, 0.29) is 0 Å². The molecule has 0 aliphatic rings. The van der Waals surface area contributed by atoms with E-state index < -0.39 is 0 Å². The van der Waals surface area contributed by atoms with Gasteiger partial charge in [0, 0.05) is 38.9 Å². The van der Waals surface area contributed by atoms with Gasteiger partial charge in [0.15, 0.2) is 0 Å². The fourth-order valence-corrected chi connectivity index (χ4v) is 7.16. The molecule has 2 heteroatoms. The minimum atomic E-state index is 1.11.